The van der Waals surface area contributed by atoms with Gasteiger partial charge in [-0.3, -0.25) is 0 Å². The molecule has 19 heavy (non-hydrogen) atoms. The summed E-state index contributed by atoms with van der Waals surface area (Å²) in [5.41, 5.74) is 2.19. The van der Waals surface area contributed by atoms with E-state index in [9.17, 15) is 8.42 Å². The molecule has 0 unspecified atom stereocenters. The van der Waals surface area contributed by atoms with Gasteiger partial charge in [-0.15, -0.1) is 11.8 Å². The molecule has 3 rings (SSSR count). The minimum absolute atomic E-state index is 0.0569. The number of thioether (sulfide) groups is 1. The molecule has 0 bridgehead atoms. The summed E-state index contributed by atoms with van der Waals surface area (Å²) in [5, 5.41) is 0.0569. The first-order chi connectivity index (χ1) is 9.17. The third-order valence-corrected chi connectivity index (χ3v) is 6.61. The van der Waals surface area contributed by atoms with Gasteiger partial charge in [0.15, 0.2) is 9.84 Å². The van der Waals surface area contributed by atoms with Crippen molar-refractivity contribution in [3.63, 3.8) is 0 Å². The fraction of sp³-hybridized carbons (Fsp3) is 0.200. The van der Waals surface area contributed by atoms with E-state index in [1.807, 2.05) is 30.3 Å². The second-order valence-corrected chi connectivity index (χ2v) is 7.80. The van der Waals surface area contributed by atoms with Gasteiger partial charge >= 0.3 is 0 Å². The summed E-state index contributed by atoms with van der Waals surface area (Å²) in [5.74, 6) is 1.07. The number of hydrogen-bond donors (Lipinski definition) is 0. The van der Waals surface area contributed by atoms with Gasteiger partial charge in [-0.1, -0.05) is 48.5 Å². The first-order valence-corrected chi connectivity index (χ1v) is 8.84. The first kappa shape index (κ1) is 12.8. The predicted molar refractivity (Wildman–Crippen MR) is 79.0 cm³/mol. The molecule has 0 amide bonds. The van der Waals surface area contributed by atoms with Gasteiger partial charge in [-0.2, -0.15) is 0 Å². The van der Waals surface area contributed by atoms with Crippen LogP contribution in [0, 0.1) is 0 Å². The van der Waals surface area contributed by atoms with E-state index in [0.717, 1.165) is 11.3 Å². The fourth-order valence-corrected chi connectivity index (χ4v) is 5.90. The highest BCUT2D eigenvalue weighted by molar-refractivity contribution is 8.00. The van der Waals surface area contributed by atoms with Crippen molar-refractivity contribution in [1.82, 2.24) is 0 Å². The summed E-state index contributed by atoms with van der Waals surface area (Å²) < 4.78 is 24.1. The van der Waals surface area contributed by atoms with Crippen molar-refractivity contribution >= 4 is 21.6 Å². The van der Waals surface area contributed by atoms with E-state index in [1.54, 1.807) is 23.9 Å². The van der Waals surface area contributed by atoms with Crippen molar-refractivity contribution < 1.29 is 8.42 Å². The minimum atomic E-state index is -3.08. The van der Waals surface area contributed by atoms with E-state index in [0.29, 0.717) is 4.90 Å². The molecule has 0 N–H and O–H groups in total. The number of benzene rings is 2. The summed E-state index contributed by atoms with van der Waals surface area (Å²) in [6.07, 6.45) is 0. The van der Waals surface area contributed by atoms with Crippen LogP contribution in [0.5, 0.6) is 0 Å². The maximum Gasteiger partial charge on any atom is 0.180 e. The average Bonchev–Trinajstić information content (AvgIpc) is 2.70. The molecule has 2 aromatic rings. The zero-order chi connectivity index (χ0) is 13.3. The molecule has 1 atom stereocenters. The normalized spacial score (nSPS) is 20.1. The van der Waals surface area contributed by atoms with Crippen molar-refractivity contribution in [2.24, 2.45) is 0 Å². The Morgan fingerprint density at radius 2 is 1.68 bits per heavy atom. The van der Waals surface area contributed by atoms with Gasteiger partial charge in [0.05, 0.1) is 10.6 Å². The van der Waals surface area contributed by atoms with Crippen LogP contribution in [0.25, 0.3) is 0 Å². The Labute approximate surface area is 117 Å². The van der Waals surface area contributed by atoms with E-state index >= 15 is 0 Å². The van der Waals surface area contributed by atoms with Crippen molar-refractivity contribution in [2.75, 3.05) is 5.75 Å². The second kappa shape index (κ2) is 5.02. The SMILES string of the molecule is O=S1(=O)C[C@@H](SCc2ccccc2)c2ccccc21. The highest BCUT2D eigenvalue weighted by Crippen LogP contribution is 2.42. The minimum Gasteiger partial charge on any atom is -0.224 e. The second-order valence-electron chi connectivity index (χ2n) is 4.60. The lowest BCUT2D eigenvalue weighted by Gasteiger charge is -2.09. The fourth-order valence-electron chi connectivity index (χ4n) is 2.32. The Bertz CT molecular complexity index is 678. The van der Waals surface area contributed by atoms with Crippen molar-refractivity contribution in [1.29, 1.82) is 0 Å². The molecule has 0 saturated carbocycles. The van der Waals surface area contributed by atoms with Crippen LogP contribution in [-0.2, 0) is 15.6 Å². The van der Waals surface area contributed by atoms with E-state index in [2.05, 4.69) is 12.1 Å². The molecule has 0 saturated heterocycles. The van der Waals surface area contributed by atoms with Gasteiger partial charge in [-0.25, -0.2) is 8.42 Å². The van der Waals surface area contributed by atoms with Crippen molar-refractivity contribution in [3.05, 3.63) is 65.7 Å². The van der Waals surface area contributed by atoms with Gasteiger partial charge in [-0.05, 0) is 17.2 Å². The molecule has 0 radical (unpaired) electrons. The van der Waals surface area contributed by atoms with Crippen LogP contribution in [-0.4, -0.2) is 14.2 Å². The smallest absolute Gasteiger partial charge is 0.180 e. The lowest BCUT2D eigenvalue weighted by atomic mass is 10.2. The average molecular weight is 290 g/mol. The topological polar surface area (TPSA) is 34.1 Å². The van der Waals surface area contributed by atoms with Gasteiger partial charge in [0.2, 0.25) is 0 Å². The van der Waals surface area contributed by atoms with Gasteiger partial charge in [0, 0.05) is 11.0 Å². The largest absolute Gasteiger partial charge is 0.224 e. The summed E-state index contributed by atoms with van der Waals surface area (Å²) in [4.78, 5) is 0.514. The van der Waals surface area contributed by atoms with Crippen LogP contribution in [0.2, 0.25) is 0 Å². The molecule has 1 heterocycles. The van der Waals surface area contributed by atoms with Crippen LogP contribution in [0.4, 0.5) is 0 Å². The summed E-state index contributed by atoms with van der Waals surface area (Å²) in [7, 11) is -3.08. The highest BCUT2D eigenvalue weighted by atomic mass is 32.2. The van der Waals surface area contributed by atoms with E-state index in [1.165, 1.54) is 5.56 Å². The third kappa shape index (κ3) is 2.55. The Hall–Kier alpha value is -1.26. The summed E-state index contributed by atoms with van der Waals surface area (Å²) >= 11 is 1.70. The molecule has 0 aromatic heterocycles. The van der Waals surface area contributed by atoms with Crippen molar-refractivity contribution in [3.8, 4) is 0 Å². The number of sulfone groups is 1. The van der Waals surface area contributed by atoms with Gasteiger partial charge < -0.3 is 0 Å². The molecule has 2 aromatic carbocycles. The van der Waals surface area contributed by atoms with Crippen LogP contribution in [0.1, 0.15) is 16.4 Å². The first-order valence-electron chi connectivity index (χ1n) is 6.14. The van der Waals surface area contributed by atoms with Crippen LogP contribution >= 0.6 is 11.8 Å². The van der Waals surface area contributed by atoms with E-state index < -0.39 is 9.84 Å². The number of hydrogen-bond acceptors (Lipinski definition) is 3. The Morgan fingerprint density at radius 1 is 1.00 bits per heavy atom. The van der Waals surface area contributed by atoms with Gasteiger partial charge in [0.1, 0.15) is 0 Å². The Balaban J connectivity index is 1.81. The standard InChI is InChI=1S/C15H14O2S2/c16-19(17)11-14(13-8-4-5-9-15(13)19)18-10-12-6-2-1-3-7-12/h1-9,14H,10-11H2/t14-/m1/s1. The lowest BCUT2D eigenvalue weighted by Crippen LogP contribution is -2.01. The van der Waals surface area contributed by atoms with E-state index in [4.69, 9.17) is 0 Å². The Kier molecular flexibility index (Phi) is 3.37. The monoisotopic (exact) mass is 290 g/mol. The molecular weight excluding hydrogens is 276 g/mol. The molecule has 2 nitrogen and oxygen atoms in total. The van der Waals surface area contributed by atoms with Gasteiger partial charge in [0.25, 0.3) is 0 Å². The molecule has 1 aliphatic rings. The number of fused-ring (bicyclic) bond motifs is 1. The zero-order valence-corrected chi connectivity index (χ0v) is 12.0. The predicted octanol–water partition coefficient (Wildman–Crippen LogP) is 3.45. The third-order valence-electron chi connectivity index (χ3n) is 3.27. The quantitative estimate of drug-likeness (QED) is 0.868. The highest BCUT2D eigenvalue weighted by Gasteiger charge is 2.34. The summed E-state index contributed by atoms with van der Waals surface area (Å²) in [6, 6.07) is 17.5. The number of rotatable bonds is 3. The van der Waals surface area contributed by atoms with Crippen LogP contribution < -0.4 is 0 Å². The van der Waals surface area contributed by atoms with Crippen LogP contribution in [0.15, 0.2) is 59.5 Å². The molecule has 98 valence electrons. The maximum absolute atomic E-state index is 12.1. The molecular formula is C15H14O2S2. The van der Waals surface area contributed by atoms with Crippen LogP contribution in [0.3, 0.4) is 0 Å². The molecule has 1 aliphatic heterocycles. The molecule has 0 aliphatic carbocycles. The maximum atomic E-state index is 12.1. The summed E-state index contributed by atoms with van der Waals surface area (Å²) in [6.45, 7) is 0. The molecule has 0 spiro atoms. The Morgan fingerprint density at radius 3 is 2.47 bits per heavy atom. The van der Waals surface area contributed by atoms with Crippen molar-refractivity contribution in [2.45, 2.75) is 15.9 Å². The molecule has 0 fully saturated rings. The zero-order valence-electron chi connectivity index (χ0n) is 10.3. The van der Waals surface area contributed by atoms with E-state index in [-0.39, 0.29) is 11.0 Å². The molecule has 4 heteroatoms. The lowest BCUT2D eigenvalue weighted by molar-refractivity contribution is 0.600.